The number of halogens is 5. The number of nitrogens with zero attached hydrogens (tertiary/aromatic N) is 5. The Hall–Kier alpha value is -4.29. The zero-order chi connectivity index (χ0) is 34.0. The van der Waals surface area contributed by atoms with E-state index in [1.807, 2.05) is 33.0 Å². The molecule has 0 saturated heterocycles. The van der Waals surface area contributed by atoms with Crippen LogP contribution in [0.4, 0.5) is 18.9 Å². The molecule has 0 radical (unpaired) electrons. The number of aryl methyl sites for hydroxylation is 2. The molecular formula is C34H33BrClF3N6O3S. The molecule has 0 aliphatic rings. The summed E-state index contributed by atoms with van der Waals surface area (Å²) < 4.78 is 52.4. The Morgan fingerprint density at radius 3 is 2.35 bits per heavy atom. The maximum atomic E-state index is 15.4. The summed E-state index contributed by atoms with van der Waals surface area (Å²) in [4.78, 5) is 16.8. The number of carbonyl (C=O) groups is 1. The second-order valence-corrected chi connectivity index (χ2v) is 12.2. The van der Waals surface area contributed by atoms with Gasteiger partial charge in [0.15, 0.2) is 11.6 Å². The first-order valence-electron chi connectivity index (χ1n) is 14.6. The third-order valence-electron chi connectivity index (χ3n) is 8.04. The Balaban J connectivity index is 0.00000325. The molecule has 0 aliphatic heterocycles. The van der Waals surface area contributed by atoms with Crippen LogP contribution in [0.5, 0.6) is 0 Å². The van der Waals surface area contributed by atoms with Gasteiger partial charge in [0.2, 0.25) is 6.33 Å². The Labute approximate surface area is 302 Å². The van der Waals surface area contributed by atoms with Crippen molar-refractivity contribution in [1.29, 1.82) is 5.26 Å². The molecule has 49 heavy (non-hydrogen) atoms. The fraction of sp³-hybridized carbons (Fsp3) is 0.265. The van der Waals surface area contributed by atoms with Crippen LogP contribution in [-0.2, 0) is 21.7 Å². The maximum absolute atomic E-state index is 15.4. The lowest BCUT2D eigenvalue weighted by molar-refractivity contribution is -0.747. The summed E-state index contributed by atoms with van der Waals surface area (Å²) in [6.45, 7) is 6.33. The van der Waals surface area contributed by atoms with E-state index in [1.54, 1.807) is 36.6 Å². The minimum atomic E-state index is -2.18. The highest BCUT2D eigenvalue weighted by Crippen LogP contribution is 2.42. The van der Waals surface area contributed by atoms with Gasteiger partial charge in [0.05, 0.1) is 22.3 Å². The highest BCUT2D eigenvalue weighted by molar-refractivity contribution is 7.10. The van der Waals surface area contributed by atoms with Crippen molar-refractivity contribution in [2.45, 2.75) is 52.0 Å². The molecule has 0 amide bonds. The van der Waals surface area contributed by atoms with E-state index in [0.29, 0.717) is 34.0 Å². The van der Waals surface area contributed by atoms with E-state index < -0.39 is 53.3 Å². The number of anilines is 1. The number of hydrogen-bond donors (Lipinski definition) is 2. The molecule has 9 nitrogen and oxygen atoms in total. The van der Waals surface area contributed by atoms with Crippen LogP contribution in [0.1, 0.15) is 58.8 Å². The van der Waals surface area contributed by atoms with Gasteiger partial charge in [0.25, 0.3) is 12.6 Å². The van der Waals surface area contributed by atoms with Gasteiger partial charge in [0.1, 0.15) is 18.0 Å². The van der Waals surface area contributed by atoms with Gasteiger partial charge in [0, 0.05) is 58.8 Å². The van der Waals surface area contributed by atoms with Gasteiger partial charge in [-0.1, -0.05) is 19.1 Å². The van der Waals surface area contributed by atoms with Crippen LogP contribution in [0, 0.1) is 42.6 Å². The van der Waals surface area contributed by atoms with Gasteiger partial charge >= 0.3 is 5.97 Å². The Bertz CT molecular complexity index is 1980. The molecule has 3 aromatic carbocycles. The Morgan fingerprint density at radius 1 is 1.12 bits per heavy atom. The minimum Gasteiger partial charge on any atom is -1.00 e. The van der Waals surface area contributed by atoms with E-state index in [1.165, 1.54) is 40.2 Å². The van der Waals surface area contributed by atoms with Crippen molar-refractivity contribution in [2.24, 2.45) is 0 Å². The fourth-order valence-corrected chi connectivity index (χ4v) is 6.60. The molecule has 5 rings (SSSR count). The van der Waals surface area contributed by atoms with E-state index in [9.17, 15) is 18.7 Å². The molecule has 5 aromatic rings. The van der Waals surface area contributed by atoms with Crippen molar-refractivity contribution in [1.82, 2.24) is 14.8 Å². The zero-order valence-corrected chi connectivity index (χ0v) is 30.3. The van der Waals surface area contributed by atoms with Crippen molar-refractivity contribution < 1.29 is 49.4 Å². The van der Waals surface area contributed by atoms with Gasteiger partial charge in [-0.3, -0.25) is 4.79 Å². The number of thiazole rings is 1. The minimum absolute atomic E-state index is 0. The van der Waals surface area contributed by atoms with Crippen molar-refractivity contribution in [3.05, 3.63) is 117 Å². The van der Waals surface area contributed by atoms with Crippen molar-refractivity contribution in [3.8, 4) is 17.3 Å². The van der Waals surface area contributed by atoms with E-state index >= 15 is 4.39 Å². The molecule has 0 bridgehead atoms. The van der Waals surface area contributed by atoms with Gasteiger partial charge in [-0.15, -0.1) is 28.4 Å². The number of ether oxygens (including phenoxy) is 1. The van der Waals surface area contributed by atoms with Crippen molar-refractivity contribution in [3.63, 3.8) is 0 Å². The lowest BCUT2D eigenvalue weighted by Crippen LogP contribution is -3.00. The molecular weight excluding hydrogens is 745 g/mol. The summed E-state index contributed by atoms with van der Waals surface area (Å²) in [7, 11) is 1.81. The largest absolute Gasteiger partial charge is 1.00 e. The summed E-state index contributed by atoms with van der Waals surface area (Å²) in [5.74, 6) is -5.35. The van der Waals surface area contributed by atoms with Crippen molar-refractivity contribution >= 4 is 35.4 Å². The van der Waals surface area contributed by atoms with Gasteiger partial charge < -0.3 is 32.1 Å². The topological polar surface area (TPSA) is 117 Å². The number of nitrogens with one attached hydrogen (secondary N) is 1. The summed E-state index contributed by atoms with van der Waals surface area (Å²) in [5, 5.41) is 31.1. The quantitative estimate of drug-likeness (QED) is 0.127. The van der Waals surface area contributed by atoms with Crippen LogP contribution < -0.4 is 26.9 Å². The van der Waals surface area contributed by atoms with Gasteiger partial charge in [-0.2, -0.15) is 9.83 Å². The van der Waals surface area contributed by atoms with Crippen LogP contribution in [0.25, 0.3) is 11.3 Å². The second-order valence-electron chi connectivity index (χ2n) is 11.3. The average molecular weight is 778 g/mol. The number of esters is 1. The predicted molar refractivity (Wildman–Crippen MR) is 176 cm³/mol. The first kappa shape index (κ1) is 39.2. The average Bonchev–Trinajstić information content (AvgIpc) is 3.71. The molecule has 0 fully saturated rings. The third-order valence-corrected chi connectivity index (χ3v) is 9.06. The number of nitriles is 1. The zero-order valence-electron chi connectivity index (χ0n) is 27.0. The second kappa shape index (κ2) is 15.9. The van der Waals surface area contributed by atoms with Crippen LogP contribution >= 0.6 is 23.7 Å². The smallest absolute Gasteiger partial charge is 0.305 e. The Morgan fingerprint density at radius 2 is 1.76 bits per heavy atom. The van der Waals surface area contributed by atoms with Crippen LogP contribution in [0.2, 0.25) is 0 Å². The lowest BCUT2D eigenvalue weighted by Gasteiger charge is -2.32. The van der Waals surface area contributed by atoms with E-state index in [0.717, 1.165) is 22.4 Å². The monoisotopic (exact) mass is 776 g/mol. The maximum Gasteiger partial charge on any atom is 0.305 e. The van der Waals surface area contributed by atoms with Crippen LogP contribution in [-0.4, -0.2) is 32.9 Å². The first-order valence-corrected chi connectivity index (χ1v) is 15.4. The summed E-state index contributed by atoms with van der Waals surface area (Å²) >= 11 is 1.20. The standard InChI is InChI=1S/C34H32F3N6O3S.BrH.ClH/c1-19-10-25(11-20(2)31(19)39-5)33(46-22(4)44)42-17-40-43(18-42)16-34(45,26-12-28(36)29(37)13-27(26)35)21(3)32-41-30(15-47-32)24-8-6-23(14-38)7-9-24;;/h6-13,15,17-18,21,33,39,45H,16H2,1-5H3;2*1H/q+1;;/p-1/t21-,33?,34+;;/m0../s1. The number of aromatic nitrogens is 4. The molecule has 3 atom stereocenters. The summed E-state index contributed by atoms with van der Waals surface area (Å²) in [6.07, 6.45) is 1.94. The number of aliphatic hydroxyl groups is 1. The fourth-order valence-electron chi connectivity index (χ4n) is 5.63. The number of benzene rings is 3. The molecule has 15 heteroatoms. The molecule has 2 aromatic heterocycles. The number of carbonyl (C=O) groups excluding carboxylic acids is 1. The summed E-state index contributed by atoms with van der Waals surface area (Å²) in [5.41, 5.74) is 2.55. The molecule has 0 spiro atoms. The van der Waals surface area contributed by atoms with Gasteiger partial charge in [-0.25, -0.2) is 18.2 Å². The molecule has 2 N–H and O–H groups in total. The number of rotatable bonds is 10. The highest BCUT2D eigenvalue weighted by Gasteiger charge is 2.44. The van der Waals surface area contributed by atoms with Crippen LogP contribution in [0.3, 0.4) is 0 Å². The molecule has 258 valence electrons. The van der Waals surface area contributed by atoms with Crippen molar-refractivity contribution in [2.75, 3.05) is 12.4 Å². The number of hydrogen-bond acceptors (Lipinski definition) is 8. The third kappa shape index (κ3) is 8.13. The normalized spacial score (nSPS) is 13.2. The molecule has 0 aliphatic carbocycles. The van der Waals surface area contributed by atoms with E-state index in [2.05, 4.69) is 21.5 Å². The first-order chi connectivity index (χ1) is 22.3. The summed E-state index contributed by atoms with van der Waals surface area (Å²) in [6, 6.07) is 13.6. The highest BCUT2D eigenvalue weighted by atomic mass is 79.9. The molecule has 1 unspecified atom stereocenters. The van der Waals surface area contributed by atoms with Crippen LogP contribution in [0.15, 0.2) is 66.6 Å². The van der Waals surface area contributed by atoms with E-state index in [-0.39, 0.29) is 29.4 Å². The Kier molecular flexibility index (Phi) is 12.7. The lowest BCUT2D eigenvalue weighted by atomic mass is 9.82. The van der Waals surface area contributed by atoms with Gasteiger partial charge in [-0.05, 0) is 55.3 Å². The molecule has 2 heterocycles. The predicted octanol–water partition coefficient (Wildman–Crippen LogP) is 3.47. The van der Waals surface area contributed by atoms with E-state index in [4.69, 9.17) is 10.00 Å². The SMILES string of the molecule is CNc1c(C)cc(C(OC(C)=O)[n+]2cnn(C[C@](O)(c3cc(F)c(F)cc3F)[C@@H](C)c3nc(-c4ccc(C#N)cc4)cs3)c2)cc1C.Cl.[Br-]. The molecule has 0 saturated carbocycles.